The topological polar surface area (TPSA) is 24.9 Å². The highest BCUT2D eigenvalue weighted by Gasteiger charge is 2.05. The number of nitrogens with one attached hydrogen (secondary N) is 1. The Labute approximate surface area is 113 Å². The third-order valence-corrected chi connectivity index (χ3v) is 3.98. The van der Waals surface area contributed by atoms with Gasteiger partial charge in [0.2, 0.25) is 0 Å². The zero-order chi connectivity index (χ0) is 13.0. The van der Waals surface area contributed by atoms with Gasteiger partial charge in [0, 0.05) is 24.4 Å². The number of hydrogen-bond donors (Lipinski definition) is 1. The van der Waals surface area contributed by atoms with Gasteiger partial charge in [-0.2, -0.15) is 0 Å². The van der Waals surface area contributed by atoms with Gasteiger partial charge in [0.05, 0.1) is 10.7 Å². The summed E-state index contributed by atoms with van der Waals surface area (Å²) in [4.78, 5) is 4.61. The lowest BCUT2D eigenvalue weighted by molar-refractivity contribution is 0.678. The minimum Gasteiger partial charge on any atom is -0.307 e. The number of benzene rings is 1. The summed E-state index contributed by atoms with van der Waals surface area (Å²) < 4.78 is 0. The molecule has 0 spiro atoms. The zero-order valence-corrected chi connectivity index (χ0v) is 12.1. The molecule has 0 aliphatic heterocycles. The van der Waals surface area contributed by atoms with Crippen molar-refractivity contribution in [2.24, 2.45) is 0 Å². The van der Waals surface area contributed by atoms with Crippen molar-refractivity contribution in [3.63, 3.8) is 0 Å². The van der Waals surface area contributed by atoms with Gasteiger partial charge in [-0.1, -0.05) is 43.7 Å². The second-order valence-electron chi connectivity index (χ2n) is 4.92. The fourth-order valence-electron chi connectivity index (χ4n) is 1.83. The molecule has 1 N–H and O–H groups in total. The van der Waals surface area contributed by atoms with Crippen molar-refractivity contribution in [3.05, 3.63) is 51.5 Å². The van der Waals surface area contributed by atoms with Gasteiger partial charge in [-0.05, 0) is 12.5 Å². The highest BCUT2D eigenvalue weighted by atomic mass is 32.1. The standard InChI is InChI=1S/C15H20N2S/c1-11(2)15-17-14(10-18-15)9-16-8-13-6-4-5-12(3)7-13/h4-7,10-11,16H,8-9H2,1-3H3. The van der Waals surface area contributed by atoms with E-state index in [1.165, 1.54) is 16.1 Å². The summed E-state index contributed by atoms with van der Waals surface area (Å²) >= 11 is 1.76. The molecule has 0 atom stereocenters. The number of nitrogens with zero attached hydrogens (tertiary/aromatic N) is 1. The van der Waals surface area contributed by atoms with E-state index in [-0.39, 0.29) is 0 Å². The van der Waals surface area contributed by atoms with Crippen LogP contribution >= 0.6 is 11.3 Å². The van der Waals surface area contributed by atoms with Crippen LogP contribution in [0, 0.1) is 6.92 Å². The first kappa shape index (κ1) is 13.2. The molecule has 0 aliphatic carbocycles. The molecule has 1 aromatic carbocycles. The number of aryl methyl sites for hydroxylation is 1. The smallest absolute Gasteiger partial charge is 0.0954 e. The third-order valence-electron chi connectivity index (χ3n) is 2.78. The Bertz CT molecular complexity index is 503. The first-order valence-electron chi connectivity index (χ1n) is 6.35. The molecule has 2 rings (SSSR count). The Balaban J connectivity index is 1.84. The molecule has 2 aromatic rings. The van der Waals surface area contributed by atoms with E-state index in [9.17, 15) is 0 Å². The molecule has 1 heterocycles. The highest BCUT2D eigenvalue weighted by molar-refractivity contribution is 7.09. The van der Waals surface area contributed by atoms with Gasteiger partial charge < -0.3 is 5.32 Å². The number of rotatable bonds is 5. The molecule has 0 aliphatic rings. The molecule has 2 nitrogen and oxygen atoms in total. The van der Waals surface area contributed by atoms with E-state index in [1.54, 1.807) is 11.3 Å². The summed E-state index contributed by atoms with van der Waals surface area (Å²) in [7, 11) is 0. The molecule has 0 radical (unpaired) electrons. The van der Waals surface area contributed by atoms with Crippen molar-refractivity contribution < 1.29 is 0 Å². The maximum atomic E-state index is 4.61. The Morgan fingerprint density at radius 2 is 2.11 bits per heavy atom. The fraction of sp³-hybridized carbons (Fsp3) is 0.400. The van der Waals surface area contributed by atoms with E-state index in [0.29, 0.717) is 5.92 Å². The summed E-state index contributed by atoms with van der Waals surface area (Å²) in [5, 5.41) is 6.82. The van der Waals surface area contributed by atoms with Crippen LogP contribution in [-0.2, 0) is 13.1 Å². The Kier molecular flexibility index (Phi) is 4.50. The lowest BCUT2D eigenvalue weighted by atomic mass is 10.1. The van der Waals surface area contributed by atoms with E-state index in [1.807, 2.05) is 0 Å². The van der Waals surface area contributed by atoms with E-state index < -0.39 is 0 Å². The first-order valence-corrected chi connectivity index (χ1v) is 7.23. The van der Waals surface area contributed by atoms with Crippen molar-refractivity contribution in [2.45, 2.75) is 39.8 Å². The second-order valence-corrected chi connectivity index (χ2v) is 5.81. The number of hydrogen-bond acceptors (Lipinski definition) is 3. The summed E-state index contributed by atoms with van der Waals surface area (Å²) in [6, 6.07) is 8.60. The van der Waals surface area contributed by atoms with Crippen LogP contribution in [0.5, 0.6) is 0 Å². The van der Waals surface area contributed by atoms with Crippen molar-refractivity contribution in [1.29, 1.82) is 0 Å². The zero-order valence-electron chi connectivity index (χ0n) is 11.2. The van der Waals surface area contributed by atoms with Crippen LogP contribution in [0.25, 0.3) is 0 Å². The molecule has 0 saturated heterocycles. The molecular formula is C15H20N2S. The lowest BCUT2D eigenvalue weighted by Crippen LogP contribution is -2.13. The lowest BCUT2D eigenvalue weighted by Gasteiger charge is -2.04. The van der Waals surface area contributed by atoms with Gasteiger partial charge >= 0.3 is 0 Å². The van der Waals surface area contributed by atoms with Crippen LogP contribution in [0.1, 0.15) is 41.6 Å². The highest BCUT2D eigenvalue weighted by Crippen LogP contribution is 2.19. The van der Waals surface area contributed by atoms with Gasteiger partial charge in [0.1, 0.15) is 0 Å². The second kappa shape index (κ2) is 6.12. The van der Waals surface area contributed by atoms with Crippen LogP contribution in [-0.4, -0.2) is 4.98 Å². The Hall–Kier alpha value is -1.19. The summed E-state index contributed by atoms with van der Waals surface area (Å²) in [5.41, 5.74) is 3.79. The number of thiazole rings is 1. The fourth-order valence-corrected chi connectivity index (χ4v) is 2.66. The molecule has 0 bridgehead atoms. The predicted molar refractivity (Wildman–Crippen MR) is 77.9 cm³/mol. The van der Waals surface area contributed by atoms with E-state index in [2.05, 4.69) is 60.7 Å². The Morgan fingerprint density at radius 3 is 2.78 bits per heavy atom. The molecule has 3 heteroatoms. The SMILES string of the molecule is Cc1cccc(CNCc2csc(C(C)C)n2)c1. The van der Waals surface area contributed by atoms with Crippen LogP contribution in [0.15, 0.2) is 29.6 Å². The first-order chi connectivity index (χ1) is 8.65. The van der Waals surface area contributed by atoms with Crippen LogP contribution in [0.3, 0.4) is 0 Å². The maximum absolute atomic E-state index is 4.61. The predicted octanol–water partition coefficient (Wildman–Crippen LogP) is 3.86. The van der Waals surface area contributed by atoms with E-state index in [4.69, 9.17) is 0 Å². The third kappa shape index (κ3) is 3.65. The van der Waals surface area contributed by atoms with Crippen molar-refractivity contribution in [1.82, 2.24) is 10.3 Å². The van der Waals surface area contributed by atoms with Gasteiger partial charge in [-0.25, -0.2) is 4.98 Å². The molecule has 96 valence electrons. The molecule has 18 heavy (non-hydrogen) atoms. The van der Waals surface area contributed by atoms with Crippen LogP contribution in [0.2, 0.25) is 0 Å². The summed E-state index contributed by atoms with van der Waals surface area (Å²) in [5.74, 6) is 0.528. The number of aromatic nitrogens is 1. The quantitative estimate of drug-likeness (QED) is 0.883. The molecule has 0 fully saturated rings. The van der Waals surface area contributed by atoms with Crippen molar-refractivity contribution in [3.8, 4) is 0 Å². The molecular weight excluding hydrogens is 240 g/mol. The summed E-state index contributed by atoms with van der Waals surface area (Å²) in [6.45, 7) is 8.23. The van der Waals surface area contributed by atoms with Crippen molar-refractivity contribution in [2.75, 3.05) is 0 Å². The normalized spacial score (nSPS) is 11.1. The van der Waals surface area contributed by atoms with E-state index in [0.717, 1.165) is 18.8 Å². The van der Waals surface area contributed by atoms with Crippen LogP contribution < -0.4 is 5.32 Å². The van der Waals surface area contributed by atoms with E-state index >= 15 is 0 Å². The largest absolute Gasteiger partial charge is 0.307 e. The van der Waals surface area contributed by atoms with Gasteiger partial charge in [0.25, 0.3) is 0 Å². The summed E-state index contributed by atoms with van der Waals surface area (Å²) in [6.07, 6.45) is 0. The van der Waals surface area contributed by atoms with Gasteiger partial charge in [0.15, 0.2) is 0 Å². The Morgan fingerprint density at radius 1 is 1.28 bits per heavy atom. The monoisotopic (exact) mass is 260 g/mol. The van der Waals surface area contributed by atoms with Crippen molar-refractivity contribution >= 4 is 11.3 Å². The molecule has 1 aromatic heterocycles. The van der Waals surface area contributed by atoms with Crippen LogP contribution in [0.4, 0.5) is 0 Å². The van der Waals surface area contributed by atoms with Gasteiger partial charge in [-0.15, -0.1) is 11.3 Å². The average Bonchev–Trinajstić information content (AvgIpc) is 2.78. The molecule has 0 saturated carbocycles. The minimum atomic E-state index is 0.528. The molecule has 0 unspecified atom stereocenters. The minimum absolute atomic E-state index is 0.528. The maximum Gasteiger partial charge on any atom is 0.0954 e. The van der Waals surface area contributed by atoms with Gasteiger partial charge in [-0.3, -0.25) is 0 Å². The molecule has 0 amide bonds. The average molecular weight is 260 g/mol.